The minimum atomic E-state index is 0.223. The molecule has 5 heteroatoms. The molecule has 0 saturated carbocycles. The summed E-state index contributed by atoms with van der Waals surface area (Å²) in [4.78, 5) is 16.2. The van der Waals surface area contributed by atoms with Gasteiger partial charge in [0.2, 0.25) is 5.91 Å². The maximum absolute atomic E-state index is 12.2. The maximum Gasteiger partial charge on any atom is 0.236 e. The molecule has 0 aromatic heterocycles. The molecule has 5 nitrogen and oxygen atoms in total. The van der Waals surface area contributed by atoms with Crippen LogP contribution in [0.4, 0.5) is 0 Å². The van der Waals surface area contributed by atoms with Crippen LogP contribution in [0.15, 0.2) is 0 Å². The smallest absolute Gasteiger partial charge is 0.236 e. The third kappa shape index (κ3) is 4.55. The van der Waals surface area contributed by atoms with Crippen molar-refractivity contribution in [2.24, 2.45) is 5.92 Å². The number of ether oxygens (including phenoxy) is 1. The summed E-state index contributed by atoms with van der Waals surface area (Å²) in [6, 6.07) is 0.293. The van der Waals surface area contributed by atoms with Gasteiger partial charge in [0.05, 0.1) is 13.2 Å². The number of carbonyl (C=O) groups is 1. The highest BCUT2D eigenvalue weighted by atomic mass is 16.5. The fraction of sp³-hybridized carbons (Fsp3) is 0.923. The van der Waals surface area contributed by atoms with Crippen molar-refractivity contribution in [2.75, 3.05) is 53.5 Å². The van der Waals surface area contributed by atoms with Crippen LogP contribution in [0.25, 0.3) is 0 Å². The lowest BCUT2D eigenvalue weighted by atomic mass is 10.0. The summed E-state index contributed by atoms with van der Waals surface area (Å²) in [5, 5.41) is 3.26. The minimum Gasteiger partial charge on any atom is -0.383 e. The number of likely N-dealkylation sites (N-methyl/N-ethyl adjacent to an activating group) is 1. The summed E-state index contributed by atoms with van der Waals surface area (Å²) >= 11 is 0. The molecule has 1 aliphatic rings. The Balaban J connectivity index is 2.45. The molecule has 0 aromatic rings. The van der Waals surface area contributed by atoms with E-state index in [4.69, 9.17) is 4.74 Å². The Morgan fingerprint density at radius 2 is 2.00 bits per heavy atom. The molecule has 106 valence electrons. The third-order valence-electron chi connectivity index (χ3n) is 3.53. The average molecular weight is 257 g/mol. The second-order valence-electron chi connectivity index (χ2n) is 5.31. The highest BCUT2D eigenvalue weighted by Crippen LogP contribution is 2.10. The number of methoxy groups -OCH3 is 1. The number of amides is 1. The monoisotopic (exact) mass is 257 g/mol. The Kier molecular flexibility index (Phi) is 6.60. The van der Waals surface area contributed by atoms with Crippen LogP contribution in [0.1, 0.15) is 13.8 Å². The molecule has 0 radical (unpaired) electrons. The Morgan fingerprint density at radius 1 is 1.39 bits per heavy atom. The third-order valence-corrected chi connectivity index (χ3v) is 3.53. The van der Waals surface area contributed by atoms with Crippen molar-refractivity contribution in [3.05, 3.63) is 0 Å². The van der Waals surface area contributed by atoms with Crippen LogP contribution in [0.2, 0.25) is 0 Å². The van der Waals surface area contributed by atoms with E-state index in [0.717, 1.165) is 26.2 Å². The van der Waals surface area contributed by atoms with Crippen LogP contribution in [0, 0.1) is 5.92 Å². The molecule has 18 heavy (non-hydrogen) atoms. The summed E-state index contributed by atoms with van der Waals surface area (Å²) in [5.41, 5.74) is 0. The van der Waals surface area contributed by atoms with Gasteiger partial charge in [-0.2, -0.15) is 0 Å². The second-order valence-corrected chi connectivity index (χ2v) is 5.31. The van der Waals surface area contributed by atoms with Crippen molar-refractivity contribution in [3.8, 4) is 0 Å². The van der Waals surface area contributed by atoms with Crippen LogP contribution in [-0.2, 0) is 9.53 Å². The Labute approximate surface area is 110 Å². The van der Waals surface area contributed by atoms with Crippen molar-refractivity contribution in [1.82, 2.24) is 15.1 Å². The molecular formula is C13H27N3O2. The number of hydrogen-bond acceptors (Lipinski definition) is 4. The average Bonchev–Trinajstić information content (AvgIpc) is 2.36. The summed E-state index contributed by atoms with van der Waals surface area (Å²) in [6.45, 7) is 8.93. The molecule has 1 aliphatic heterocycles. The Morgan fingerprint density at radius 3 is 2.50 bits per heavy atom. The molecular weight excluding hydrogens is 230 g/mol. The summed E-state index contributed by atoms with van der Waals surface area (Å²) in [6.07, 6.45) is 0. The summed E-state index contributed by atoms with van der Waals surface area (Å²) in [7, 11) is 3.71. The van der Waals surface area contributed by atoms with Gasteiger partial charge in [0.1, 0.15) is 0 Å². The zero-order valence-electron chi connectivity index (χ0n) is 12.1. The molecule has 1 N–H and O–H groups in total. The van der Waals surface area contributed by atoms with E-state index in [9.17, 15) is 4.79 Å². The van der Waals surface area contributed by atoms with E-state index in [1.165, 1.54) is 0 Å². The number of carbonyl (C=O) groups excluding carboxylic acids is 1. The van der Waals surface area contributed by atoms with Gasteiger partial charge in [-0.05, 0) is 13.0 Å². The fourth-order valence-electron chi connectivity index (χ4n) is 2.34. The lowest BCUT2D eigenvalue weighted by molar-refractivity contribution is -0.133. The van der Waals surface area contributed by atoms with Gasteiger partial charge in [0.15, 0.2) is 0 Å². The van der Waals surface area contributed by atoms with E-state index in [2.05, 4.69) is 24.1 Å². The Bertz CT molecular complexity index is 253. The van der Waals surface area contributed by atoms with Crippen molar-refractivity contribution >= 4 is 5.91 Å². The molecule has 1 atom stereocenters. The first kappa shape index (κ1) is 15.4. The Hall–Kier alpha value is -0.650. The maximum atomic E-state index is 12.2. The lowest BCUT2D eigenvalue weighted by Gasteiger charge is -2.33. The molecule has 1 unspecified atom stereocenters. The summed E-state index contributed by atoms with van der Waals surface area (Å²) < 4.78 is 5.24. The highest BCUT2D eigenvalue weighted by Gasteiger charge is 2.23. The molecule has 1 amide bonds. The van der Waals surface area contributed by atoms with E-state index < -0.39 is 0 Å². The summed E-state index contributed by atoms with van der Waals surface area (Å²) in [5.74, 6) is 0.700. The van der Waals surface area contributed by atoms with Crippen molar-refractivity contribution in [1.29, 1.82) is 0 Å². The van der Waals surface area contributed by atoms with Crippen LogP contribution in [0.3, 0.4) is 0 Å². The fourth-order valence-corrected chi connectivity index (χ4v) is 2.34. The quantitative estimate of drug-likeness (QED) is 0.729. The van der Waals surface area contributed by atoms with Crippen molar-refractivity contribution < 1.29 is 9.53 Å². The first-order valence-electron chi connectivity index (χ1n) is 6.74. The largest absolute Gasteiger partial charge is 0.383 e. The van der Waals surface area contributed by atoms with Crippen LogP contribution in [0.5, 0.6) is 0 Å². The minimum absolute atomic E-state index is 0.223. The molecule has 1 rings (SSSR count). The molecule has 1 heterocycles. The van der Waals surface area contributed by atoms with E-state index in [-0.39, 0.29) is 5.91 Å². The van der Waals surface area contributed by atoms with Crippen LogP contribution < -0.4 is 5.32 Å². The van der Waals surface area contributed by atoms with Crippen molar-refractivity contribution in [3.63, 3.8) is 0 Å². The van der Waals surface area contributed by atoms with Gasteiger partial charge < -0.3 is 15.0 Å². The molecule has 0 aromatic carbocycles. The van der Waals surface area contributed by atoms with E-state index in [0.29, 0.717) is 25.1 Å². The lowest BCUT2D eigenvalue weighted by Crippen LogP contribution is -2.51. The first-order valence-corrected chi connectivity index (χ1v) is 6.74. The number of piperazine rings is 1. The molecule has 1 saturated heterocycles. The SMILES string of the molecule is COCC(C(C)C)N(C)CC(=O)N1CCNCC1. The topological polar surface area (TPSA) is 44.8 Å². The van der Waals surface area contributed by atoms with Crippen LogP contribution in [-0.4, -0.2) is 75.2 Å². The normalized spacial score (nSPS) is 18.4. The van der Waals surface area contributed by atoms with Gasteiger partial charge in [0.25, 0.3) is 0 Å². The van der Waals surface area contributed by atoms with Gasteiger partial charge in [0, 0.05) is 39.3 Å². The van der Waals surface area contributed by atoms with Gasteiger partial charge in [-0.1, -0.05) is 13.8 Å². The van der Waals surface area contributed by atoms with E-state index in [1.807, 2.05) is 11.9 Å². The molecule has 1 fully saturated rings. The van der Waals surface area contributed by atoms with Gasteiger partial charge in [-0.25, -0.2) is 0 Å². The van der Waals surface area contributed by atoms with Gasteiger partial charge in [-0.15, -0.1) is 0 Å². The van der Waals surface area contributed by atoms with E-state index in [1.54, 1.807) is 7.11 Å². The number of hydrogen-bond donors (Lipinski definition) is 1. The van der Waals surface area contributed by atoms with Crippen LogP contribution >= 0.6 is 0 Å². The first-order chi connectivity index (χ1) is 8.56. The molecule has 0 bridgehead atoms. The molecule has 0 spiro atoms. The number of nitrogens with one attached hydrogen (secondary N) is 1. The zero-order chi connectivity index (χ0) is 13.5. The number of nitrogens with zero attached hydrogens (tertiary/aromatic N) is 2. The zero-order valence-corrected chi connectivity index (χ0v) is 12.1. The predicted octanol–water partition coefficient (Wildman–Crippen LogP) is 0.0210. The predicted molar refractivity (Wildman–Crippen MR) is 72.6 cm³/mol. The van der Waals surface area contributed by atoms with Crippen molar-refractivity contribution in [2.45, 2.75) is 19.9 Å². The highest BCUT2D eigenvalue weighted by molar-refractivity contribution is 5.78. The molecule has 0 aliphatic carbocycles. The van der Waals surface area contributed by atoms with Gasteiger partial charge in [-0.3, -0.25) is 9.69 Å². The number of rotatable bonds is 6. The second kappa shape index (κ2) is 7.71. The van der Waals surface area contributed by atoms with E-state index >= 15 is 0 Å². The standard InChI is InChI=1S/C13H27N3O2/c1-11(2)12(10-18-4)15(3)9-13(17)16-7-5-14-6-8-16/h11-12,14H,5-10H2,1-4H3. The van der Waals surface area contributed by atoms with Gasteiger partial charge >= 0.3 is 0 Å².